The molecule has 1 aliphatic heterocycles. The van der Waals surface area contributed by atoms with E-state index < -0.39 is 0 Å². The highest BCUT2D eigenvalue weighted by molar-refractivity contribution is 5.78. The quantitative estimate of drug-likeness (QED) is 0.708. The van der Waals surface area contributed by atoms with Crippen LogP contribution in [0, 0.1) is 6.92 Å². The fourth-order valence-corrected chi connectivity index (χ4v) is 3.50. The summed E-state index contributed by atoms with van der Waals surface area (Å²) >= 11 is 0. The topological polar surface area (TPSA) is 77.1 Å². The minimum Gasteiger partial charge on any atom is -0.339 e. The van der Waals surface area contributed by atoms with Crippen LogP contribution in [0.5, 0.6) is 0 Å². The molecule has 0 atom stereocenters. The molecule has 0 saturated carbocycles. The van der Waals surface area contributed by atoms with Crippen LogP contribution < -0.4 is 21.5 Å². The number of para-hydroxylation sites is 1. The molecule has 0 amide bonds. The zero-order valence-corrected chi connectivity index (χ0v) is 15.2. The van der Waals surface area contributed by atoms with Crippen molar-refractivity contribution in [2.24, 2.45) is 14.1 Å². The molecule has 3 aromatic rings. The van der Waals surface area contributed by atoms with Gasteiger partial charge < -0.3 is 10.2 Å². The highest BCUT2D eigenvalue weighted by Gasteiger charge is 2.25. The van der Waals surface area contributed by atoms with E-state index in [-0.39, 0.29) is 11.2 Å². The first-order valence-electron chi connectivity index (χ1n) is 8.71. The van der Waals surface area contributed by atoms with E-state index in [1.54, 1.807) is 7.05 Å². The van der Waals surface area contributed by atoms with Crippen LogP contribution in [-0.4, -0.2) is 44.9 Å². The third-order valence-corrected chi connectivity index (χ3v) is 5.00. The second-order valence-corrected chi connectivity index (χ2v) is 6.65. The van der Waals surface area contributed by atoms with Crippen molar-refractivity contribution in [1.82, 2.24) is 24.0 Å². The zero-order valence-electron chi connectivity index (χ0n) is 15.2. The summed E-state index contributed by atoms with van der Waals surface area (Å²) in [4.78, 5) is 32.2. The van der Waals surface area contributed by atoms with E-state index in [0.717, 1.165) is 42.0 Å². The summed E-state index contributed by atoms with van der Waals surface area (Å²) in [6, 6.07) is 7.90. The Labute approximate surface area is 150 Å². The first kappa shape index (κ1) is 16.6. The molecule has 1 fully saturated rings. The summed E-state index contributed by atoms with van der Waals surface area (Å²) in [7, 11) is 3.16. The minimum absolute atomic E-state index is 0.333. The third kappa shape index (κ3) is 2.37. The smallest absolute Gasteiger partial charge is 0.332 e. The molecule has 3 heterocycles. The standard InChI is InChI=1S/C18H22N6O2/c1-12-6-4-5-7-13(12)24-14-15(21(2)18(26)22(3)16(14)25)20-17(24)23-10-8-19-9-11-23/h4-7,19H,8-11H2,1-3H3. The molecular formula is C18H22N6O2. The van der Waals surface area contributed by atoms with Crippen LogP contribution >= 0.6 is 0 Å². The number of rotatable bonds is 2. The second kappa shape index (κ2) is 6.14. The van der Waals surface area contributed by atoms with Gasteiger partial charge in [-0.25, -0.2) is 4.79 Å². The number of anilines is 1. The first-order valence-corrected chi connectivity index (χ1v) is 8.71. The van der Waals surface area contributed by atoms with E-state index in [1.807, 2.05) is 35.8 Å². The molecule has 26 heavy (non-hydrogen) atoms. The van der Waals surface area contributed by atoms with Crippen LogP contribution in [0.1, 0.15) is 5.56 Å². The summed E-state index contributed by atoms with van der Waals surface area (Å²) in [6.45, 7) is 5.31. The number of hydrogen-bond acceptors (Lipinski definition) is 5. The number of aromatic nitrogens is 4. The van der Waals surface area contributed by atoms with Crippen LogP contribution in [0.2, 0.25) is 0 Å². The average molecular weight is 354 g/mol. The Bertz CT molecular complexity index is 1100. The normalized spacial score (nSPS) is 15.0. The molecule has 1 aliphatic rings. The summed E-state index contributed by atoms with van der Waals surface area (Å²) in [5, 5.41) is 3.33. The average Bonchev–Trinajstić information content (AvgIpc) is 3.06. The van der Waals surface area contributed by atoms with Gasteiger partial charge in [0.15, 0.2) is 11.2 Å². The third-order valence-electron chi connectivity index (χ3n) is 5.00. The van der Waals surface area contributed by atoms with E-state index in [2.05, 4.69) is 10.2 Å². The van der Waals surface area contributed by atoms with Crippen molar-refractivity contribution in [3.05, 3.63) is 50.7 Å². The molecule has 1 saturated heterocycles. The molecule has 1 N–H and O–H groups in total. The molecule has 0 bridgehead atoms. The van der Waals surface area contributed by atoms with Crippen molar-refractivity contribution < 1.29 is 0 Å². The van der Waals surface area contributed by atoms with Gasteiger partial charge in [-0.2, -0.15) is 4.98 Å². The molecule has 0 unspecified atom stereocenters. The number of benzene rings is 1. The molecule has 136 valence electrons. The van der Waals surface area contributed by atoms with Crippen LogP contribution in [0.15, 0.2) is 33.9 Å². The van der Waals surface area contributed by atoms with Gasteiger partial charge in [-0.1, -0.05) is 18.2 Å². The van der Waals surface area contributed by atoms with E-state index in [1.165, 1.54) is 11.6 Å². The number of fused-ring (bicyclic) bond motifs is 1. The fourth-order valence-electron chi connectivity index (χ4n) is 3.50. The number of nitrogens with zero attached hydrogens (tertiary/aromatic N) is 5. The highest BCUT2D eigenvalue weighted by Crippen LogP contribution is 2.26. The molecule has 4 rings (SSSR count). The van der Waals surface area contributed by atoms with E-state index in [0.29, 0.717) is 17.1 Å². The predicted octanol–water partition coefficient (Wildman–Crippen LogP) is 0.141. The SMILES string of the molecule is Cc1ccccc1-n1c(N2CCNCC2)nc2c1c(=O)n(C)c(=O)n2C. The predicted molar refractivity (Wildman–Crippen MR) is 101 cm³/mol. The van der Waals surface area contributed by atoms with Gasteiger partial charge in [0.25, 0.3) is 5.56 Å². The lowest BCUT2D eigenvalue weighted by Gasteiger charge is -2.29. The molecule has 8 heteroatoms. The molecule has 8 nitrogen and oxygen atoms in total. The van der Waals surface area contributed by atoms with E-state index >= 15 is 0 Å². The Kier molecular flexibility index (Phi) is 3.91. The van der Waals surface area contributed by atoms with Crippen molar-refractivity contribution >= 4 is 17.1 Å². The Morgan fingerprint density at radius 2 is 1.73 bits per heavy atom. The van der Waals surface area contributed by atoms with Gasteiger partial charge in [0.1, 0.15) is 0 Å². The Hall–Kier alpha value is -2.87. The molecule has 0 aliphatic carbocycles. The first-order chi connectivity index (χ1) is 12.5. The van der Waals surface area contributed by atoms with Crippen molar-refractivity contribution in [1.29, 1.82) is 0 Å². The van der Waals surface area contributed by atoms with Gasteiger partial charge in [-0.15, -0.1) is 0 Å². The number of imidazole rings is 1. The van der Waals surface area contributed by atoms with Gasteiger partial charge >= 0.3 is 5.69 Å². The second-order valence-electron chi connectivity index (χ2n) is 6.65. The van der Waals surface area contributed by atoms with Crippen molar-refractivity contribution in [3.8, 4) is 5.69 Å². The Balaban J connectivity index is 2.14. The highest BCUT2D eigenvalue weighted by atomic mass is 16.2. The van der Waals surface area contributed by atoms with E-state index in [9.17, 15) is 9.59 Å². The van der Waals surface area contributed by atoms with Gasteiger partial charge in [0.2, 0.25) is 5.95 Å². The minimum atomic E-state index is -0.371. The van der Waals surface area contributed by atoms with Crippen LogP contribution in [0.4, 0.5) is 5.95 Å². The van der Waals surface area contributed by atoms with Gasteiger partial charge in [-0.05, 0) is 18.6 Å². The summed E-state index contributed by atoms with van der Waals surface area (Å²) in [5.41, 5.74) is 2.08. The lowest BCUT2D eigenvalue weighted by atomic mass is 10.2. The molecule has 0 spiro atoms. The number of nitrogens with one attached hydrogen (secondary N) is 1. The van der Waals surface area contributed by atoms with Gasteiger partial charge in [0, 0.05) is 40.3 Å². The van der Waals surface area contributed by atoms with Gasteiger partial charge in [0.05, 0.1) is 5.69 Å². The van der Waals surface area contributed by atoms with Crippen molar-refractivity contribution in [3.63, 3.8) is 0 Å². The Morgan fingerprint density at radius 3 is 2.42 bits per heavy atom. The molecule has 0 radical (unpaired) electrons. The maximum atomic E-state index is 13.0. The molecule has 1 aromatic carbocycles. The van der Waals surface area contributed by atoms with E-state index in [4.69, 9.17) is 4.98 Å². The lowest BCUT2D eigenvalue weighted by Crippen LogP contribution is -2.44. The van der Waals surface area contributed by atoms with Crippen molar-refractivity contribution in [2.45, 2.75) is 6.92 Å². The molecular weight excluding hydrogens is 332 g/mol. The van der Waals surface area contributed by atoms with Crippen LogP contribution in [0.25, 0.3) is 16.9 Å². The van der Waals surface area contributed by atoms with Gasteiger partial charge in [-0.3, -0.25) is 18.5 Å². The Morgan fingerprint density at radius 1 is 1.04 bits per heavy atom. The van der Waals surface area contributed by atoms with Crippen LogP contribution in [0.3, 0.4) is 0 Å². The molecule has 2 aromatic heterocycles. The monoisotopic (exact) mass is 354 g/mol. The summed E-state index contributed by atoms with van der Waals surface area (Å²) in [6.07, 6.45) is 0. The number of hydrogen-bond donors (Lipinski definition) is 1. The maximum Gasteiger partial charge on any atom is 0.332 e. The number of piperazine rings is 1. The number of aryl methyl sites for hydroxylation is 2. The van der Waals surface area contributed by atoms with Crippen LogP contribution in [-0.2, 0) is 14.1 Å². The largest absolute Gasteiger partial charge is 0.339 e. The summed E-state index contributed by atoms with van der Waals surface area (Å²) < 4.78 is 4.48. The van der Waals surface area contributed by atoms with Crippen molar-refractivity contribution in [2.75, 3.05) is 31.1 Å². The maximum absolute atomic E-state index is 13.0. The zero-order chi connectivity index (χ0) is 18.4. The fraction of sp³-hybridized carbons (Fsp3) is 0.389. The summed E-state index contributed by atoms with van der Waals surface area (Å²) in [5.74, 6) is 0.703. The lowest BCUT2D eigenvalue weighted by molar-refractivity contribution is 0.578.